The van der Waals surface area contributed by atoms with Crippen molar-refractivity contribution in [2.75, 3.05) is 13.2 Å². The van der Waals surface area contributed by atoms with Crippen LogP contribution in [0.5, 0.6) is 11.5 Å². The maximum absolute atomic E-state index is 13.5. The monoisotopic (exact) mass is 431 g/mol. The van der Waals surface area contributed by atoms with Crippen LogP contribution < -0.4 is 25.6 Å². The first-order chi connectivity index (χ1) is 14.8. The summed E-state index contributed by atoms with van der Waals surface area (Å²) in [6.45, 7) is 5.39. The highest BCUT2D eigenvalue weighted by Gasteiger charge is 2.25. The van der Waals surface area contributed by atoms with Gasteiger partial charge in [-0.25, -0.2) is 4.39 Å². The van der Waals surface area contributed by atoms with E-state index in [4.69, 9.17) is 9.47 Å². The maximum atomic E-state index is 13.5. The number of hydrogen-bond donors (Lipinski definition) is 3. The van der Waals surface area contributed by atoms with E-state index in [0.29, 0.717) is 17.9 Å². The molecule has 1 unspecified atom stereocenters. The smallest absolute Gasteiger partial charge is 0.276 e. The highest BCUT2D eigenvalue weighted by molar-refractivity contribution is 5.98. The van der Waals surface area contributed by atoms with Crippen LogP contribution in [0.4, 0.5) is 4.39 Å². The fourth-order valence-electron chi connectivity index (χ4n) is 2.58. The van der Waals surface area contributed by atoms with Crippen molar-refractivity contribution in [2.45, 2.75) is 26.8 Å². The van der Waals surface area contributed by atoms with Gasteiger partial charge in [0.2, 0.25) is 0 Å². The topological polar surface area (TPSA) is 106 Å². The minimum atomic E-state index is -0.896. The number of nitrogens with one attached hydrogen (secondary N) is 3. The molecule has 9 heteroatoms. The Balaban J connectivity index is 1.87. The Morgan fingerprint density at radius 1 is 0.968 bits per heavy atom. The standard InChI is InChI=1S/C22H26FN3O5/c1-4-30-16-11-9-15(10-12-16)21(28)24-20(14(2)3)22(29)26-25-19(27)13-31-18-8-6-5-7-17(18)23/h5-12,14,20H,4,13H2,1-3H3,(H,24,28)(H,25,27)(H,26,29). The Morgan fingerprint density at radius 3 is 2.26 bits per heavy atom. The molecule has 0 bridgehead atoms. The predicted molar refractivity (Wildman–Crippen MR) is 112 cm³/mol. The molecule has 0 aromatic heterocycles. The van der Waals surface area contributed by atoms with Crippen molar-refractivity contribution in [3.05, 3.63) is 59.9 Å². The normalized spacial score (nSPS) is 11.4. The Bertz CT molecular complexity index is 902. The molecule has 0 radical (unpaired) electrons. The van der Waals surface area contributed by atoms with Crippen molar-refractivity contribution >= 4 is 17.7 Å². The third kappa shape index (κ3) is 7.29. The number of rotatable bonds is 9. The molecule has 3 N–H and O–H groups in total. The average molecular weight is 431 g/mol. The lowest BCUT2D eigenvalue weighted by atomic mass is 10.0. The molecule has 0 aliphatic carbocycles. The molecular formula is C22H26FN3O5. The molecule has 0 saturated heterocycles. The van der Waals surface area contributed by atoms with Gasteiger partial charge in [0.05, 0.1) is 6.61 Å². The highest BCUT2D eigenvalue weighted by atomic mass is 19.1. The van der Waals surface area contributed by atoms with E-state index in [-0.39, 0.29) is 11.7 Å². The Labute approximate surface area is 180 Å². The second kappa shape index (κ2) is 11.5. The van der Waals surface area contributed by atoms with Crippen LogP contribution in [0, 0.1) is 11.7 Å². The Morgan fingerprint density at radius 2 is 1.65 bits per heavy atom. The summed E-state index contributed by atoms with van der Waals surface area (Å²) in [6, 6.07) is 11.3. The van der Waals surface area contributed by atoms with Gasteiger partial charge in [0.1, 0.15) is 11.8 Å². The number of ether oxygens (including phenoxy) is 2. The summed E-state index contributed by atoms with van der Waals surface area (Å²) in [5, 5.41) is 2.65. The first-order valence-corrected chi connectivity index (χ1v) is 9.81. The van der Waals surface area contributed by atoms with Gasteiger partial charge in [-0.3, -0.25) is 25.2 Å². The van der Waals surface area contributed by atoms with Gasteiger partial charge in [-0.05, 0) is 49.2 Å². The Kier molecular flexibility index (Phi) is 8.80. The second-order valence-electron chi connectivity index (χ2n) is 6.91. The molecule has 8 nitrogen and oxygen atoms in total. The fourth-order valence-corrected chi connectivity index (χ4v) is 2.58. The van der Waals surface area contributed by atoms with Gasteiger partial charge in [-0.15, -0.1) is 0 Å². The number of para-hydroxylation sites is 1. The summed E-state index contributed by atoms with van der Waals surface area (Å²) in [5.74, 6) is -2.02. The van der Waals surface area contributed by atoms with Gasteiger partial charge >= 0.3 is 0 Å². The number of amides is 3. The minimum absolute atomic E-state index is 0.0772. The minimum Gasteiger partial charge on any atom is -0.494 e. The zero-order valence-electron chi connectivity index (χ0n) is 17.6. The Hall–Kier alpha value is -3.62. The van der Waals surface area contributed by atoms with Crippen LogP contribution in [-0.2, 0) is 9.59 Å². The zero-order valence-corrected chi connectivity index (χ0v) is 17.6. The van der Waals surface area contributed by atoms with Crippen molar-refractivity contribution < 1.29 is 28.2 Å². The number of carbonyl (C=O) groups is 3. The molecule has 166 valence electrons. The van der Waals surface area contributed by atoms with Crippen LogP contribution in [0.1, 0.15) is 31.1 Å². The first kappa shape index (κ1) is 23.7. The number of carbonyl (C=O) groups excluding carboxylic acids is 3. The molecule has 2 rings (SSSR count). The van der Waals surface area contributed by atoms with E-state index >= 15 is 0 Å². The van der Waals surface area contributed by atoms with E-state index in [1.165, 1.54) is 18.2 Å². The van der Waals surface area contributed by atoms with Crippen molar-refractivity contribution in [2.24, 2.45) is 5.92 Å². The number of hydrazine groups is 1. The average Bonchev–Trinajstić information content (AvgIpc) is 2.75. The summed E-state index contributed by atoms with van der Waals surface area (Å²) in [5.41, 5.74) is 4.80. The summed E-state index contributed by atoms with van der Waals surface area (Å²) >= 11 is 0. The molecule has 0 saturated carbocycles. The van der Waals surface area contributed by atoms with E-state index in [0.717, 1.165) is 0 Å². The molecule has 0 aliphatic rings. The molecule has 2 aromatic rings. The van der Waals surface area contributed by atoms with Gasteiger partial charge in [0.15, 0.2) is 18.2 Å². The summed E-state index contributed by atoms with van der Waals surface area (Å²) in [4.78, 5) is 36.8. The van der Waals surface area contributed by atoms with Crippen LogP contribution >= 0.6 is 0 Å². The quantitative estimate of drug-likeness (QED) is 0.528. The van der Waals surface area contributed by atoms with Gasteiger partial charge in [0, 0.05) is 5.56 Å². The van der Waals surface area contributed by atoms with Gasteiger partial charge in [-0.1, -0.05) is 26.0 Å². The lowest BCUT2D eigenvalue weighted by Gasteiger charge is -2.22. The molecule has 1 atom stereocenters. The third-order valence-corrected chi connectivity index (χ3v) is 4.18. The number of benzene rings is 2. The molecule has 0 aliphatic heterocycles. The van der Waals surface area contributed by atoms with Gasteiger partial charge in [0.25, 0.3) is 17.7 Å². The molecule has 31 heavy (non-hydrogen) atoms. The van der Waals surface area contributed by atoms with E-state index in [2.05, 4.69) is 16.2 Å². The van der Waals surface area contributed by atoms with Crippen molar-refractivity contribution in [1.29, 1.82) is 0 Å². The van der Waals surface area contributed by atoms with Crippen LogP contribution in [-0.4, -0.2) is 37.0 Å². The van der Waals surface area contributed by atoms with E-state index < -0.39 is 36.2 Å². The van der Waals surface area contributed by atoms with E-state index in [9.17, 15) is 18.8 Å². The SMILES string of the molecule is CCOc1ccc(C(=O)NC(C(=O)NNC(=O)COc2ccccc2F)C(C)C)cc1. The van der Waals surface area contributed by atoms with E-state index in [1.807, 2.05) is 6.92 Å². The number of halogens is 1. The van der Waals surface area contributed by atoms with Crippen molar-refractivity contribution in [3.8, 4) is 11.5 Å². The number of hydrogen-bond acceptors (Lipinski definition) is 5. The predicted octanol–water partition coefficient (Wildman–Crippen LogP) is 2.21. The van der Waals surface area contributed by atoms with Gasteiger partial charge in [-0.2, -0.15) is 0 Å². The van der Waals surface area contributed by atoms with Crippen LogP contribution in [0.2, 0.25) is 0 Å². The van der Waals surface area contributed by atoms with Crippen LogP contribution in [0.15, 0.2) is 48.5 Å². The van der Waals surface area contributed by atoms with Gasteiger partial charge < -0.3 is 14.8 Å². The lowest BCUT2D eigenvalue weighted by Crippen LogP contribution is -2.55. The second-order valence-corrected chi connectivity index (χ2v) is 6.91. The largest absolute Gasteiger partial charge is 0.494 e. The summed E-state index contributed by atoms with van der Waals surface area (Å²) in [7, 11) is 0. The van der Waals surface area contributed by atoms with Crippen LogP contribution in [0.3, 0.4) is 0 Å². The molecular weight excluding hydrogens is 405 g/mol. The molecule has 0 heterocycles. The third-order valence-electron chi connectivity index (χ3n) is 4.18. The highest BCUT2D eigenvalue weighted by Crippen LogP contribution is 2.15. The van der Waals surface area contributed by atoms with E-state index in [1.54, 1.807) is 44.2 Å². The van der Waals surface area contributed by atoms with Crippen molar-refractivity contribution in [1.82, 2.24) is 16.2 Å². The molecule has 2 aromatic carbocycles. The molecule has 3 amide bonds. The molecule has 0 fully saturated rings. The molecule has 0 spiro atoms. The summed E-state index contributed by atoms with van der Waals surface area (Å²) < 4.78 is 23.9. The maximum Gasteiger partial charge on any atom is 0.276 e. The lowest BCUT2D eigenvalue weighted by molar-refractivity contribution is -0.131. The first-order valence-electron chi connectivity index (χ1n) is 9.81. The fraction of sp³-hybridized carbons (Fsp3) is 0.318. The van der Waals surface area contributed by atoms with Crippen molar-refractivity contribution in [3.63, 3.8) is 0 Å². The summed E-state index contributed by atoms with van der Waals surface area (Å²) in [6.07, 6.45) is 0. The zero-order chi connectivity index (χ0) is 22.8. The van der Waals surface area contributed by atoms with Crippen LogP contribution in [0.25, 0.3) is 0 Å².